The summed E-state index contributed by atoms with van der Waals surface area (Å²) in [5, 5.41) is 0. The third-order valence-electron chi connectivity index (χ3n) is 3.15. The van der Waals surface area contributed by atoms with E-state index in [0.717, 1.165) is 0 Å². The van der Waals surface area contributed by atoms with E-state index in [9.17, 15) is 26.1 Å². The van der Waals surface area contributed by atoms with Crippen molar-refractivity contribution in [3.63, 3.8) is 0 Å². The van der Waals surface area contributed by atoms with Crippen LogP contribution in [0.1, 0.15) is 5.56 Å². The minimum atomic E-state index is -4.68. The molecule has 8 heteroatoms. The first kappa shape index (κ1) is 21.4. The van der Waals surface area contributed by atoms with Gasteiger partial charge in [-0.25, -0.2) is 8.42 Å². The SMILES string of the molecule is O=S(=O)([O-])c1ccc(C(F)(F)F)cc1.c1ccc([I+]c2ccccc2)cc1. The van der Waals surface area contributed by atoms with Crippen LogP contribution in [0.4, 0.5) is 13.2 Å². The molecule has 0 aliphatic rings. The first-order valence-electron chi connectivity index (χ1n) is 7.54. The molecule has 0 bridgehead atoms. The molecule has 0 N–H and O–H groups in total. The van der Waals surface area contributed by atoms with E-state index in [4.69, 9.17) is 0 Å². The van der Waals surface area contributed by atoms with Crippen molar-refractivity contribution in [2.75, 3.05) is 0 Å². The van der Waals surface area contributed by atoms with Crippen LogP contribution in [-0.2, 0) is 16.3 Å². The molecule has 0 radical (unpaired) electrons. The number of hydrogen-bond donors (Lipinski definition) is 0. The van der Waals surface area contributed by atoms with E-state index in [0.29, 0.717) is 24.3 Å². The van der Waals surface area contributed by atoms with Crippen LogP contribution in [0.25, 0.3) is 0 Å². The van der Waals surface area contributed by atoms with Gasteiger partial charge in [-0.2, -0.15) is 13.2 Å². The van der Waals surface area contributed by atoms with Crippen LogP contribution < -0.4 is 21.2 Å². The predicted octanol–water partition coefficient (Wildman–Crippen LogP) is 1.42. The Hall–Kier alpha value is -1.91. The van der Waals surface area contributed by atoms with E-state index >= 15 is 0 Å². The fourth-order valence-electron chi connectivity index (χ4n) is 1.89. The Balaban J connectivity index is 0.000000194. The third-order valence-corrected chi connectivity index (χ3v) is 6.69. The van der Waals surface area contributed by atoms with E-state index in [1.165, 1.54) is 7.14 Å². The highest BCUT2D eigenvalue weighted by Gasteiger charge is 2.30. The highest BCUT2D eigenvalue weighted by Crippen LogP contribution is 2.29. The Morgan fingerprint density at radius 2 is 1.11 bits per heavy atom. The van der Waals surface area contributed by atoms with E-state index in [2.05, 4.69) is 60.7 Å². The summed E-state index contributed by atoms with van der Waals surface area (Å²) in [6, 6.07) is 23.8. The van der Waals surface area contributed by atoms with Gasteiger partial charge in [0.1, 0.15) is 10.1 Å². The first-order chi connectivity index (χ1) is 12.7. The Morgan fingerprint density at radius 3 is 1.44 bits per heavy atom. The van der Waals surface area contributed by atoms with Gasteiger partial charge in [0.05, 0.1) is 10.5 Å². The molecule has 0 heterocycles. The van der Waals surface area contributed by atoms with Crippen molar-refractivity contribution in [3.05, 3.63) is 97.6 Å². The number of alkyl halides is 3. The summed E-state index contributed by atoms with van der Waals surface area (Å²) in [5.41, 5.74) is -0.995. The zero-order chi connectivity index (χ0) is 19.9. The van der Waals surface area contributed by atoms with Gasteiger partial charge >= 0.3 is 27.4 Å². The Kier molecular flexibility index (Phi) is 7.40. The average molecular weight is 506 g/mol. The van der Waals surface area contributed by atoms with Crippen molar-refractivity contribution >= 4 is 10.1 Å². The van der Waals surface area contributed by atoms with Crippen molar-refractivity contribution in [3.8, 4) is 0 Å². The molecule has 0 aliphatic heterocycles. The number of halogens is 4. The fraction of sp³-hybridized carbons (Fsp3) is 0.0526. The molecule has 0 atom stereocenters. The Bertz CT molecular complexity index is 905. The van der Waals surface area contributed by atoms with Gasteiger partial charge in [-0.3, -0.25) is 0 Å². The van der Waals surface area contributed by atoms with Crippen LogP contribution in [0.15, 0.2) is 89.8 Å². The molecule has 3 aromatic rings. The van der Waals surface area contributed by atoms with Crippen LogP contribution in [0.3, 0.4) is 0 Å². The Labute approximate surface area is 165 Å². The summed E-state index contributed by atoms with van der Waals surface area (Å²) in [6.45, 7) is 0. The van der Waals surface area contributed by atoms with Crippen LogP contribution in [0, 0.1) is 7.14 Å². The molecule has 0 saturated carbocycles. The van der Waals surface area contributed by atoms with Crippen LogP contribution in [0.2, 0.25) is 0 Å². The standard InChI is InChI=1S/C12H10I.C7H5F3O3S/c1-3-7-11(8-4-1)13-12-9-5-2-6-10-12;8-7(9,10)5-1-3-6(4-2-5)14(11,12)13/h1-10H;1-4H,(H,11,12,13)/q+1;/p-1. The lowest BCUT2D eigenvalue weighted by molar-refractivity contribution is -0.597. The highest BCUT2D eigenvalue weighted by atomic mass is 127. The van der Waals surface area contributed by atoms with Gasteiger partial charge in [0.2, 0.25) is 0 Å². The highest BCUT2D eigenvalue weighted by molar-refractivity contribution is 7.85. The minimum absolute atomic E-state index is 0.0287. The van der Waals surface area contributed by atoms with E-state index in [-0.39, 0.29) is 21.2 Å². The summed E-state index contributed by atoms with van der Waals surface area (Å²) in [4.78, 5) is -0.675. The summed E-state index contributed by atoms with van der Waals surface area (Å²) in [7, 11) is -4.68. The molecular formula is C19H14F3IO3S. The van der Waals surface area contributed by atoms with Crippen LogP contribution in [0.5, 0.6) is 0 Å². The van der Waals surface area contributed by atoms with Gasteiger partial charge < -0.3 is 4.55 Å². The summed E-state index contributed by atoms with van der Waals surface area (Å²) < 4.78 is 70.0. The molecule has 0 amide bonds. The smallest absolute Gasteiger partial charge is 0.416 e. The largest absolute Gasteiger partial charge is 0.744 e. The average Bonchev–Trinajstić information content (AvgIpc) is 2.63. The molecular weight excluding hydrogens is 492 g/mol. The number of rotatable bonds is 3. The maximum Gasteiger partial charge on any atom is 0.416 e. The maximum absolute atomic E-state index is 12.0. The molecule has 0 aliphatic carbocycles. The van der Waals surface area contributed by atoms with Crippen molar-refractivity contribution in [2.45, 2.75) is 11.1 Å². The molecule has 3 aromatic carbocycles. The monoisotopic (exact) mass is 506 g/mol. The van der Waals surface area contributed by atoms with E-state index in [1.807, 2.05) is 0 Å². The second-order valence-electron chi connectivity index (χ2n) is 5.16. The zero-order valence-electron chi connectivity index (χ0n) is 13.7. The van der Waals surface area contributed by atoms with Gasteiger partial charge in [-0.1, -0.05) is 36.4 Å². The molecule has 3 rings (SSSR count). The normalized spacial score (nSPS) is 11.4. The van der Waals surface area contributed by atoms with Gasteiger partial charge in [0.25, 0.3) is 0 Å². The van der Waals surface area contributed by atoms with Crippen molar-refractivity contribution < 1.29 is 47.3 Å². The second kappa shape index (κ2) is 9.34. The minimum Gasteiger partial charge on any atom is -0.744 e. The van der Waals surface area contributed by atoms with Crippen LogP contribution in [-0.4, -0.2) is 13.0 Å². The second-order valence-corrected chi connectivity index (χ2v) is 9.57. The molecule has 0 spiro atoms. The van der Waals surface area contributed by atoms with Gasteiger partial charge in [-0.15, -0.1) is 0 Å². The predicted molar refractivity (Wildman–Crippen MR) is 89.7 cm³/mol. The lowest BCUT2D eigenvalue weighted by atomic mass is 10.2. The van der Waals surface area contributed by atoms with E-state index < -0.39 is 26.8 Å². The third kappa shape index (κ3) is 7.31. The molecule has 0 aromatic heterocycles. The molecule has 0 saturated heterocycles. The molecule has 142 valence electrons. The zero-order valence-corrected chi connectivity index (χ0v) is 16.7. The lowest BCUT2D eigenvalue weighted by Crippen LogP contribution is -3.61. The molecule has 0 unspecified atom stereocenters. The quantitative estimate of drug-likeness (QED) is 0.399. The van der Waals surface area contributed by atoms with E-state index in [1.54, 1.807) is 0 Å². The Morgan fingerprint density at radius 1 is 0.704 bits per heavy atom. The lowest BCUT2D eigenvalue weighted by Gasteiger charge is -2.09. The fourth-order valence-corrected chi connectivity index (χ4v) is 4.63. The van der Waals surface area contributed by atoms with Crippen molar-refractivity contribution in [1.82, 2.24) is 0 Å². The van der Waals surface area contributed by atoms with Gasteiger partial charge in [0, 0.05) is 0 Å². The first-order valence-corrected chi connectivity index (χ1v) is 11.1. The van der Waals surface area contributed by atoms with Crippen molar-refractivity contribution in [1.29, 1.82) is 0 Å². The summed E-state index contributed by atoms with van der Waals surface area (Å²) >= 11 is 0.0287. The molecule has 27 heavy (non-hydrogen) atoms. The topological polar surface area (TPSA) is 57.2 Å². The van der Waals surface area contributed by atoms with Gasteiger partial charge in [-0.05, 0) is 48.5 Å². The van der Waals surface area contributed by atoms with Crippen LogP contribution >= 0.6 is 0 Å². The summed E-state index contributed by atoms with van der Waals surface area (Å²) in [6.07, 6.45) is -4.54. The summed E-state index contributed by atoms with van der Waals surface area (Å²) in [5.74, 6) is 0. The van der Waals surface area contributed by atoms with Gasteiger partial charge in [0.15, 0.2) is 7.14 Å². The van der Waals surface area contributed by atoms with Crippen molar-refractivity contribution in [2.24, 2.45) is 0 Å². The molecule has 3 nitrogen and oxygen atoms in total. The molecule has 0 fully saturated rings. The maximum atomic E-state index is 12.0. The number of hydrogen-bond acceptors (Lipinski definition) is 3. The number of benzene rings is 3.